The maximum absolute atomic E-state index is 11.9. The largest absolute Gasteiger partial charge is 0.484 e. The Labute approximate surface area is 136 Å². The molecular weight excluding hydrogens is 316 g/mol. The van der Waals surface area contributed by atoms with Crippen molar-refractivity contribution in [1.82, 2.24) is 5.32 Å². The molecule has 2 aromatic rings. The Hall–Kier alpha value is -2.85. The number of amides is 1. The molecule has 1 atom stereocenters. The van der Waals surface area contributed by atoms with Crippen molar-refractivity contribution >= 4 is 23.2 Å². The molecule has 2 N–H and O–H groups in total. The van der Waals surface area contributed by atoms with Gasteiger partial charge in [0.1, 0.15) is 5.75 Å². The molecule has 6 nitrogen and oxygen atoms in total. The fourth-order valence-corrected chi connectivity index (χ4v) is 2.68. The van der Waals surface area contributed by atoms with E-state index < -0.39 is 17.9 Å². The third kappa shape index (κ3) is 5.13. The average Bonchev–Trinajstić information content (AvgIpc) is 3.07. The van der Waals surface area contributed by atoms with Crippen LogP contribution in [0.4, 0.5) is 0 Å². The molecule has 1 heterocycles. The molecule has 0 fully saturated rings. The Morgan fingerprint density at radius 2 is 2.04 bits per heavy atom. The molecule has 1 aromatic carbocycles. The Morgan fingerprint density at radius 1 is 1.30 bits per heavy atom. The van der Waals surface area contributed by atoms with Crippen LogP contribution in [0, 0.1) is 11.3 Å². The third-order valence-corrected chi connectivity index (χ3v) is 3.94. The van der Waals surface area contributed by atoms with E-state index in [1.807, 2.05) is 11.4 Å². The lowest BCUT2D eigenvalue weighted by atomic mass is 10.1. The quantitative estimate of drug-likeness (QED) is 0.811. The van der Waals surface area contributed by atoms with E-state index in [1.165, 1.54) is 11.3 Å². The van der Waals surface area contributed by atoms with Crippen LogP contribution < -0.4 is 10.1 Å². The van der Waals surface area contributed by atoms with Crippen molar-refractivity contribution in [2.24, 2.45) is 0 Å². The molecule has 2 rings (SSSR count). The average molecular weight is 330 g/mol. The van der Waals surface area contributed by atoms with Gasteiger partial charge < -0.3 is 15.2 Å². The zero-order valence-corrected chi connectivity index (χ0v) is 12.9. The molecular formula is C16H14N2O4S. The first-order chi connectivity index (χ1) is 11.1. The van der Waals surface area contributed by atoms with E-state index in [0.717, 1.165) is 4.88 Å². The van der Waals surface area contributed by atoms with Crippen molar-refractivity contribution < 1.29 is 19.4 Å². The van der Waals surface area contributed by atoms with Crippen molar-refractivity contribution in [3.8, 4) is 11.8 Å². The lowest BCUT2D eigenvalue weighted by Gasteiger charge is -2.15. The number of thiophene rings is 1. The van der Waals surface area contributed by atoms with Crippen LogP contribution in [-0.2, 0) is 9.59 Å². The Kier molecular flexibility index (Phi) is 5.72. The molecule has 0 saturated heterocycles. The summed E-state index contributed by atoms with van der Waals surface area (Å²) < 4.78 is 5.33. The molecule has 0 bridgehead atoms. The standard InChI is InChI=1S/C16H14N2O4S/c17-9-11-3-5-12(6-4-11)22-10-15(19)18-13(8-16(20)21)14-2-1-7-23-14/h1-7,13H,8,10H2,(H,18,19)(H,20,21). The summed E-state index contributed by atoms with van der Waals surface area (Å²) in [4.78, 5) is 23.6. The van der Waals surface area contributed by atoms with E-state index in [4.69, 9.17) is 15.1 Å². The topological polar surface area (TPSA) is 99.4 Å². The summed E-state index contributed by atoms with van der Waals surface area (Å²) in [5.41, 5.74) is 0.501. The van der Waals surface area contributed by atoms with Crippen LogP contribution in [0.2, 0.25) is 0 Å². The third-order valence-electron chi connectivity index (χ3n) is 2.95. The van der Waals surface area contributed by atoms with E-state index in [0.29, 0.717) is 11.3 Å². The van der Waals surface area contributed by atoms with E-state index in [9.17, 15) is 9.59 Å². The van der Waals surface area contributed by atoms with Gasteiger partial charge in [-0.15, -0.1) is 11.3 Å². The van der Waals surface area contributed by atoms with Crippen LogP contribution in [0.3, 0.4) is 0 Å². The Balaban J connectivity index is 1.91. The predicted octanol–water partition coefficient (Wildman–Crippen LogP) is 2.33. The molecule has 23 heavy (non-hydrogen) atoms. The van der Waals surface area contributed by atoms with Gasteiger partial charge in [-0.25, -0.2) is 0 Å². The highest BCUT2D eigenvalue weighted by Crippen LogP contribution is 2.22. The highest BCUT2D eigenvalue weighted by Gasteiger charge is 2.19. The number of benzene rings is 1. The summed E-state index contributed by atoms with van der Waals surface area (Å²) in [6.07, 6.45) is -0.191. The van der Waals surface area contributed by atoms with Gasteiger partial charge in [-0.05, 0) is 35.7 Å². The van der Waals surface area contributed by atoms with Gasteiger partial charge in [0, 0.05) is 4.88 Å². The van der Waals surface area contributed by atoms with Crippen LogP contribution in [0.5, 0.6) is 5.75 Å². The number of hydrogen-bond acceptors (Lipinski definition) is 5. The minimum absolute atomic E-state index is 0.191. The lowest BCUT2D eigenvalue weighted by molar-refractivity contribution is -0.137. The summed E-state index contributed by atoms with van der Waals surface area (Å²) in [5, 5.41) is 22.1. The molecule has 1 aromatic heterocycles. The van der Waals surface area contributed by atoms with Gasteiger partial charge in [0.2, 0.25) is 0 Å². The molecule has 0 aliphatic heterocycles. The van der Waals surface area contributed by atoms with Crippen molar-refractivity contribution in [3.05, 3.63) is 52.2 Å². The second kappa shape index (κ2) is 7.96. The zero-order valence-electron chi connectivity index (χ0n) is 12.1. The van der Waals surface area contributed by atoms with Gasteiger partial charge in [-0.2, -0.15) is 5.26 Å². The van der Waals surface area contributed by atoms with Gasteiger partial charge in [0.15, 0.2) is 6.61 Å². The van der Waals surface area contributed by atoms with E-state index in [-0.39, 0.29) is 13.0 Å². The first kappa shape index (κ1) is 16.5. The molecule has 1 unspecified atom stereocenters. The minimum atomic E-state index is -0.989. The maximum Gasteiger partial charge on any atom is 0.305 e. The van der Waals surface area contributed by atoms with Crippen molar-refractivity contribution in [2.75, 3.05) is 6.61 Å². The van der Waals surface area contributed by atoms with E-state index in [2.05, 4.69) is 5.32 Å². The second-order valence-electron chi connectivity index (χ2n) is 4.66. The second-order valence-corrected chi connectivity index (χ2v) is 5.64. The first-order valence-corrected chi connectivity index (χ1v) is 7.64. The zero-order chi connectivity index (χ0) is 16.7. The summed E-state index contributed by atoms with van der Waals surface area (Å²) in [5.74, 6) is -0.934. The number of rotatable bonds is 7. The molecule has 1 amide bonds. The minimum Gasteiger partial charge on any atom is -0.484 e. The summed E-state index contributed by atoms with van der Waals surface area (Å²) in [6.45, 7) is -0.229. The number of nitrogens with one attached hydrogen (secondary N) is 1. The van der Waals surface area contributed by atoms with Gasteiger partial charge in [0.25, 0.3) is 5.91 Å². The molecule has 0 radical (unpaired) electrons. The summed E-state index contributed by atoms with van der Waals surface area (Å²) in [7, 11) is 0. The fourth-order valence-electron chi connectivity index (χ4n) is 1.90. The number of ether oxygens (including phenoxy) is 1. The number of carboxylic acids is 1. The number of nitriles is 1. The smallest absolute Gasteiger partial charge is 0.305 e. The number of nitrogens with zero attached hydrogens (tertiary/aromatic N) is 1. The summed E-state index contributed by atoms with van der Waals surface area (Å²) >= 11 is 1.38. The van der Waals surface area contributed by atoms with E-state index in [1.54, 1.807) is 36.4 Å². The molecule has 7 heteroatoms. The fraction of sp³-hybridized carbons (Fsp3) is 0.188. The number of carbonyl (C=O) groups excluding carboxylic acids is 1. The highest BCUT2D eigenvalue weighted by atomic mass is 32.1. The SMILES string of the molecule is N#Cc1ccc(OCC(=O)NC(CC(=O)O)c2cccs2)cc1. The number of aliphatic carboxylic acids is 1. The first-order valence-electron chi connectivity index (χ1n) is 6.76. The lowest BCUT2D eigenvalue weighted by Crippen LogP contribution is -2.33. The van der Waals surface area contributed by atoms with Gasteiger partial charge in [-0.1, -0.05) is 6.07 Å². The van der Waals surface area contributed by atoms with Crippen molar-refractivity contribution in [1.29, 1.82) is 5.26 Å². The van der Waals surface area contributed by atoms with Crippen LogP contribution in [-0.4, -0.2) is 23.6 Å². The number of carboxylic acid groups (broad SMARTS) is 1. The van der Waals surface area contributed by atoms with E-state index >= 15 is 0 Å². The van der Waals surface area contributed by atoms with Gasteiger partial charge in [-0.3, -0.25) is 9.59 Å². The molecule has 0 saturated carbocycles. The Bertz CT molecular complexity index is 705. The molecule has 0 spiro atoms. The van der Waals surface area contributed by atoms with Crippen LogP contribution >= 0.6 is 11.3 Å². The molecule has 118 valence electrons. The summed E-state index contributed by atoms with van der Waals surface area (Å²) in [6, 6.07) is 11.4. The number of hydrogen-bond donors (Lipinski definition) is 2. The molecule has 0 aliphatic carbocycles. The van der Waals surface area contributed by atoms with Gasteiger partial charge in [0.05, 0.1) is 24.1 Å². The number of carbonyl (C=O) groups is 2. The van der Waals surface area contributed by atoms with Crippen molar-refractivity contribution in [3.63, 3.8) is 0 Å². The monoisotopic (exact) mass is 330 g/mol. The van der Waals surface area contributed by atoms with Gasteiger partial charge >= 0.3 is 5.97 Å². The van der Waals surface area contributed by atoms with Crippen molar-refractivity contribution in [2.45, 2.75) is 12.5 Å². The van der Waals surface area contributed by atoms with Crippen LogP contribution in [0.1, 0.15) is 22.9 Å². The van der Waals surface area contributed by atoms with Crippen LogP contribution in [0.15, 0.2) is 41.8 Å². The Morgan fingerprint density at radius 3 is 2.61 bits per heavy atom. The molecule has 0 aliphatic rings. The maximum atomic E-state index is 11.9. The normalized spacial score (nSPS) is 11.3. The highest BCUT2D eigenvalue weighted by molar-refractivity contribution is 7.10. The predicted molar refractivity (Wildman–Crippen MR) is 84.1 cm³/mol. The van der Waals surface area contributed by atoms with Crippen LogP contribution in [0.25, 0.3) is 0 Å².